The van der Waals surface area contributed by atoms with Crippen LogP contribution in [-0.2, 0) is 17.8 Å². The predicted molar refractivity (Wildman–Crippen MR) is 216 cm³/mol. The molecule has 0 atom stereocenters. The summed E-state index contributed by atoms with van der Waals surface area (Å²) in [6.45, 7) is 22.8. The highest BCUT2D eigenvalue weighted by molar-refractivity contribution is 6.30. The van der Waals surface area contributed by atoms with Crippen LogP contribution in [0.1, 0.15) is 96.3 Å². The first-order chi connectivity index (χ1) is 25.6. The molecule has 6 nitrogen and oxygen atoms in total. The third-order valence-corrected chi connectivity index (χ3v) is 9.10. The zero-order chi connectivity index (χ0) is 39.5. The highest BCUT2D eigenvalue weighted by Crippen LogP contribution is 2.30. The number of amides is 1. The minimum absolute atomic E-state index is 0.0195. The van der Waals surface area contributed by atoms with E-state index in [0.717, 1.165) is 44.1 Å². The van der Waals surface area contributed by atoms with Crippen LogP contribution in [0.5, 0.6) is 0 Å². The highest BCUT2D eigenvalue weighted by atomic mass is 35.5. The largest absolute Gasteiger partial charge is 0.459 e. The standard InChI is InChI=1S/C38H40ClF2N3O3.3C2H6/c1-4-42-22-20-31(21-23-42)44(24-32-18-19-36(47-32)28-14-16-30(39)17-15-28)37(46)25-43(35-11-6-5-9-33(35)27(3)45)26(2)12-13-29-8-7-10-34(40)38(29)41;3*1-2/h5-11,14-19,31H,2,4,12-13,20-25H2,1,3H3;3*1-2H3. The van der Waals surface area contributed by atoms with Crippen molar-refractivity contribution in [3.8, 4) is 11.3 Å². The Morgan fingerprint density at radius 2 is 1.53 bits per heavy atom. The number of benzene rings is 3. The summed E-state index contributed by atoms with van der Waals surface area (Å²) in [5.41, 5.74) is 2.60. The lowest BCUT2D eigenvalue weighted by molar-refractivity contribution is -0.134. The van der Waals surface area contributed by atoms with Crippen LogP contribution in [0, 0.1) is 11.6 Å². The Morgan fingerprint density at radius 1 is 0.887 bits per heavy atom. The number of para-hydroxylation sites is 1. The molecule has 1 saturated heterocycles. The first-order valence-electron chi connectivity index (χ1n) is 19.0. The molecule has 0 saturated carbocycles. The van der Waals surface area contributed by atoms with Gasteiger partial charge in [0, 0.05) is 41.0 Å². The summed E-state index contributed by atoms with van der Waals surface area (Å²) >= 11 is 6.08. The Morgan fingerprint density at radius 3 is 2.15 bits per heavy atom. The fourth-order valence-electron chi connectivity index (χ4n) is 6.12. The van der Waals surface area contributed by atoms with Crippen molar-refractivity contribution < 1.29 is 22.8 Å². The van der Waals surface area contributed by atoms with Crippen molar-refractivity contribution in [2.45, 2.75) is 93.7 Å². The summed E-state index contributed by atoms with van der Waals surface area (Å²) in [5, 5.41) is 0.634. The summed E-state index contributed by atoms with van der Waals surface area (Å²) in [7, 11) is 0. The van der Waals surface area contributed by atoms with Crippen molar-refractivity contribution in [1.82, 2.24) is 9.80 Å². The van der Waals surface area contributed by atoms with Gasteiger partial charge in [-0.15, -0.1) is 0 Å². The van der Waals surface area contributed by atoms with E-state index in [2.05, 4.69) is 18.4 Å². The van der Waals surface area contributed by atoms with Crippen molar-refractivity contribution in [3.63, 3.8) is 0 Å². The number of piperidine rings is 1. The van der Waals surface area contributed by atoms with Crippen LogP contribution in [0.25, 0.3) is 11.3 Å². The fourth-order valence-corrected chi connectivity index (χ4v) is 6.25. The Bertz CT molecular complexity index is 1720. The van der Waals surface area contributed by atoms with Crippen LogP contribution in [0.2, 0.25) is 5.02 Å². The lowest BCUT2D eigenvalue weighted by Crippen LogP contribution is -2.49. The van der Waals surface area contributed by atoms with Gasteiger partial charge in [-0.1, -0.05) is 90.9 Å². The molecule has 9 heteroatoms. The second kappa shape index (κ2) is 23.4. The second-order valence-electron chi connectivity index (χ2n) is 11.9. The van der Waals surface area contributed by atoms with Crippen LogP contribution in [0.15, 0.2) is 95.6 Å². The predicted octanol–water partition coefficient (Wildman–Crippen LogP) is 11.6. The molecule has 5 rings (SSSR count). The average Bonchev–Trinajstić information content (AvgIpc) is 3.67. The lowest BCUT2D eigenvalue weighted by Gasteiger charge is -2.39. The molecule has 1 aliphatic rings. The molecule has 3 aromatic carbocycles. The molecular weight excluding hydrogens is 692 g/mol. The van der Waals surface area contributed by atoms with Crippen LogP contribution in [0.3, 0.4) is 0 Å². The number of Topliss-reactive ketones (excluding diaryl/α,β-unsaturated/α-hetero) is 1. The number of anilines is 1. The van der Waals surface area contributed by atoms with E-state index in [1.54, 1.807) is 41.3 Å². The lowest BCUT2D eigenvalue weighted by atomic mass is 10.0. The van der Waals surface area contributed by atoms with Crippen LogP contribution in [0.4, 0.5) is 14.5 Å². The van der Waals surface area contributed by atoms with Crippen molar-refractivity contribution in [2.75, 3.05) is 31.1 Å². The van der Waals surface area contributed by atoms with E-state index in [1.807, 2.05) is 70.7 Å². The van der Waals surface area contributed by atoms with Crippen molar-refractivity contribution in [3.05, 3.63) is 125 Å². The molecule has 4 aromatic rings. The average molecular weight is 750 g/mol. The first kappa shape index (κ1) is 44.9. The zero-order valence-electron chi connectivity index (χ0n) is 32.9. The summed E-state index contributed by atoms with van der Waals surface area (Å²) < 4.78 is 34.7. The molecule has 288 valence electrons. The number of nitrogens with zero attached hydrogens (tertiary/aromatic N) is 3. The van der Waals surface area contributed by atoms with Gasteiger partial charge in [-0.3, -0.25) is 9.59 Å². The Balaban J connectivity index is 0.00000154. The van der Waals surface area contributed by atoms with E-state index >= 15 is 0 Å². The van der Waals surface area contributed by atoms with Gasteiger partial charge >= 0.3 is 0 Å². The molecule has 1 amide bonds. The van der Waals surface area contributed by atoms with E-state index < -0.39 is 11.6 Å². The van der Waals surface area contributed by atoms with Crippen molar-refractivity contribution in [1.29, 1.82) is 0 Å². The molecule has 0 bridgehead atoms. The maximum absolute atomic E-state index is 14.5. The highest BCUT2D eigenvalue weighted by Gasteiger charge is 2.31. The van der Waals surface area contributed by atoms with Gasteiger partial charge < -0.3 is 19.1 Å². The van der Waals surface area contributed by atoms with Crippen LogP contribution >= 0.6 is 11.6 Å². The van der Waals surface area contributed by atoms with Gasteiger partial charge in [-0.2, -0.15) is 0 Å². The number of likely N-dealkylation sites (tertiary alicyclic amines) is 1. The molecule has 1 aliphatic heterocycles. The summed E-state index contributed by atoms with van der Waals surface area (Å²) in [5.74, 6) is -0.786. The molecule has 0 unspecified atom stereocenters. The number of halogens is 3. The maximum atomic E-state index is 14.5. The van der Waals surface area contributed by atoms with Crippen LogP contribution in [-0.4, -0.2) is 53.7 Å². The van der Waals surface area contributed by atoms with E-state index in [9.17, 15) is 18.4 Å². The molecule has 0 aliphatic carbocycles. The number of carbonyl (C=O) groups is 2. The number of rotatable bonds is 13. The van der Waals surface area contributed by atoms with Crippen molar-refractivity contribution in [2.24, 2.45) is 0 Å². The Hall–Kier alpha value is -4.27. The molecular formula is C44H58ClF2N3O3. The SMILES string of the molecule is C=C(CCc1cccc(F)c1F)N(CC(=O)N(Cc1ccc(-c2ccc(Cl)cc2)o1)C1CCN(CC)CC1)c1ccccc1C(C)=O.CC.CC.CC. The number of furan rings is 1. The smallest absolute Gasteiger partial charge is 0.243 e. The number of hydrogen-bond acceptors (Lipinski definition) is 5. The van der Waals surface area contributed by atoms with Gasteiger partial charge in [0.15, 0.2) is 17.4 Å². The Labute approximate surface area is 321 Å². The molecule has 2 heterocycles. The van der Waals surface area contributed by atoms with Gasteiger partial charge in [-0.05, 0) is 99.3 Å². The van der Waals surface area contributed by atoms with Gasteiger partial charge in [0.2, 0.25) is 5.91 Å². The normalized spacial score (nSPS) is 12.6. The number of hydrogen-bond donors (Lipinski definition) is 0. The first-order valence-corrected chi connectivity index (χ1v) is 19.4. The topological polar surface area (TPSA) is 57.0 Å². The summed E-state index contributed by atoms with van der Waals surface area (Å²) in [6, 6.07) is 22.3. The van der Waals surface area contributed by atoms with E-state index in [0.29, 0.717) is 33.5 Å². The van der Waals surface area contributed by atoms with Crippen molar-refractivity contribution >= 4 is 29.0 Å². The van der Waals surface area contributed by atoms with Gasteiger partial charge in [0.1, 0.15) is 18.1 Å². The minimum atomic E-state index is -0.913. The van der Waals surface area contributed by atoms with Crippen LogP contribution < -0.4 is 4.90 Å². The second-order valence-corrected chi connectivity index (χ2v) is 12.3. The summed E-state index contributed by atoms with van der Waals surface area (Å²) in [6.07, 6.45) is 2.05. The van der Waals surface area contributed by atoms with Gasteiger partial charge in [0.05, 0.1) is 12.2 Å². The zero-order valence-corrected chi connectivity index (χ0v) is 33.6. The third-order valence-electron chi connectivity index (χ3n) is 8.85. The minimum Gasteiger partial charge on any atom is -0.459 e. The molecule has 1 fully saturated rings. The number of carbonyl (C=O) groups excluding carboxylic acids is 2. The molecule has 53 heavy (non-hydrogen) atoms. The quantitative estimate of drug-likeness (QED) is 0.127. The third kappa shape index (κ3) is 12.7. The van der Waals surface area contributed by atoms with E-state index in [1.165, 1.54) is 19.1 Å². The molecule has 0 radical (unpaired) electrons. The van der Waals surface area contributed by atoms with E-state index in [4.69, 9.17) is 16.0 Å². The summed E-state index contributed by atoms with van der Waals surface area (Å²) in [4.78, 5) is 33.1. The number of ketones is 1. The fraction of sp³-hybridized carbons (Fsp3) is 0.409. The Kier molecular flexibility index (Phi) is 19.8. The maximum Gasteiger partial charge on any atom is 0.243 e. The molecule has 0 N–H and O–H groups in total. The number of allylic oxidation sites excluding steroid dienone is 1. The monoisotopic (exact) mass is 749 g/mol. The van der Waals surface area contributed by atoms with Gasteiger partial charge in [0.25, 0.3) is 0 Å². The van der Waals surface area contributed by atoms with Gasteiger partial charge in [-0.25, -0.2) is 8.78 Å². The number of aryl methyl sites for hydroxylation is 1. The van der Waals surface area contributed by atoms with E-state index in [-0.39, 0.29) is 49.2 Å². The molecule has 1 aromatic heterocycles. The molecule has 0 spiro atoms.